The number of aliphatic hydroxyl groups is 1. The van der Waals surface area contributed by atoms with Gasteiger partial charge in [0.05, 0.1) is 17.5 Å². The van der Waals surface area contributed by atoms with Crippen molar-refractivity contribution in [1.29, 1.82) is 0 Å². The fourth-order valence-electron chi connectivity index (χ4n) is 1.82. The molecule has 2 rings (SSSR count). The number of halogens is 1. The normalized spacial score (nSPS) is 20.6. The van der Waals surface area contributed by atoms with Crippen molar-refractivity contribution in [3.63, 3.8) is 0 Å². The summed E-state index contributed by atoms with van der Waals surface area (Å²) in [5.74, 6) is -0.468. The monoisotopic (exact) mass is 317 g/mol. The molecule has 6 nitrogen and oxygen atoms in total. The Labute approximate surface area is 121 Å². The van der Waals surface area contributed by atoms with Gasteiger partial charge in [0.1, 0.15) is 12.8 Å². The molecule has 1 heterocycles. The van der Waals surface area contributed by atoms with Gasteiger partial charge in [-0.15, -0.1) is 0 Å². The van der Waals surface area contributed by atoms with Gasteiger partial charge in [-0.05, 0) is 17.7 Å². The van der Waals surface area contributed by atoms with Crippen molar-refractivity contribution in [2.45, 2.75) is 23.1 Å². The van der Waals surface area contributed by atoms with Gasteiger partial charge < -0.3 is 15.2 Å². The first-order valence-electron chi connectivity index (χ1n) is 6.29. The lowest BCUT2D eigenvalue weighted by atomic mass is 10.0. The highest BCUT2D eigenvalue weighted by Crippen LogP contribution is 2.20. The molecule has 1 amide bonds. The molecule has 0 bridgehead atoms. The molecule has 1 aromatic rings. The van der Waals surface area contributed by atoms with E-state index in [9.17, 15) is 22.7 Å². The Bertz CT molecular complexity index is 612. The summed E-state index contributed by atoms with van der Waals surface area (Å²) in [6.45, 7) is -0.655. The van der Waals surface area contributed by atoms with Gasteiger partial charge in [-0.2, -0.15) is 0 Å². The van der Waals surface area contributed by atoms with Crippen LogP contribution in [0.1, 0.15) is 11.7 Å². The van der Waals surface area contributed by atoms with Crippen molar-refractivity contribution in [3.05, 3.63) is 29.8 Å². The van der Waals surface area contributed by atoms with E-state index in [0.29, 0.717) is 12.2 Å². The third-order valence-corrected chi connectivity index (χ3v) is 4.28. The second kappa shape index (κ2) is 6.08. The Morgan fingerprint density at radius 3 is 2.48 bits per heavy atom. The van der Waals surface area contributed by atoms with E-state index < -0.39 is 40.7 Å². The number of benzene rings is 1. The van der Waals surface area contributed by atoms with Crippen LogP contribution < -0.4 is 5.32 Å². The van der Waals surface area contributed by atoms with Crippen LogP contribution in [0.4, 0.5) is 4.39 Å². The van der Waals surface area contributed by atoms with Gasteiger partial charge in [0.15, 0.2) is 15.9 Å². The minimum absolute atomic E-state index is 0.102. The second-order valence-corrected chi connectivity index (χ2v) is 6.89. The number of rotatable bonds is 6. The van der Waals surface area contributed by atoms with Gasteiger partial charge in [0, 0.05) is 6.26 Å². The van der Waals surface area contributed by atoms with Gasteiger partial charge in [0.2, 0.25) is 0 Å². The Morgan fingerprint density at radius 1 is 1.48 bits per heavy atom. The molecule has 1 aliphatic heterocycles. The van der Waals surface area contributed by atoms with Crippen LogP contribution in [0.25, 0.3) is 0 Å². The lowest BCUT2D eigenvalue weighted by Gasteiger charge is -2.21. The summed E-state index contributed by atoms with van der Waals surface area (Å²) >= 11 is 0. The van der Waals surface area contributed by atoms with E-state index in [1.807, 2.05) is 0 Å². The zero-order chi connectivity index (χ0) is 15.6. The highest BCUT2D eigenvalue weighted by molar-refractivity contribution is 7.90. The Hall–Kier alpha value is -1.51. The van der Waals surface area contributed by atoms with Gasteiger partial charge in [-0.1, -0.05) is 12.1 Å². The lowest BCUT2D eigenvalue weighted by Crippen LogP contribution is -2.43. The van der Waals surface area contributed by atoms with Crippen molar-refractivity contribution in [3.8, 4) is 0 Å². The predicted molar refractivity (Wildman–Crippen MR) is 72.2 cm³/mol. The van der Waals surface area contributed by atoms with Crippen LogP contribution in [0.3, 0.4) is 0 Å². The molecule has 3 atom stereocenters. The molecule has 0 radical (unpaired) electrons. The molecule has 1 aromatic carbocycles. The van der Waals surface area contributed by atoms with E-state index in [4.69, 9.17) is 4.74 Å². The van der Waals surface area contributed by atoms with Crippen molar-refractivity contribution in [2.75, 3.05) is 19.5 Å². The highest BCUT2D eigenvalue weighted by Gasteiger charge is 2.34. The molecule has 1 aliphatic rings. The summed E-state index contributed by atoms with van der Waals surface area (Å²) in [6.07, 6.45) is -0.774. The number of nitrogens with one attached hydrogen (secondary N) is 1. The number of carbonyl (C=O) groups excluding carboxylic acids is 1. The second-order valence-electron chi connectivity index (χ2n) is 4.88. The summed E-state index contributed by atoms with van der Waals surface area (Å²) in [7, 11) is -3.34. The average Bonchev–Trinajstić information content (AvgIpc) is 3.27. The van der Waals surface area contributed by atoms with Gasteiger partial charge in [-0.3, -0.25) is 4.79 Å². The minimum atomic E-state index is -3.34. The van der Waals surface area contributed by atoms with Crippen LogP contribution >= 0.6 is 0 Å². The van der Waals surface area contributed by atoms with Crippen LogP contribution in [-0.4, -0.2) is 51.1 Å². The zero-order valence-electron chi connectivity index (χ0n) is 11.3. The van der Waals surface area contributed by atoms with E-state index in [1.54, 1.807) is 0 Å². The number of hydrogen-bond acceptors (Lipinski definition) is 5. The fraction of sp³-hybridized carbons (Fsp3) is 0.462. The first-order valence-corrected chi connectivity index (χ1v) is 8.18. The van der Waals surface area contributed by atoms with Crippen molar-refractivity contribution in [1.82, 2.24) is 5.32 Å². The van der Waals surface area contributed by atoms with Gasteiger partial charge >= 0.3 is 0 Å². The quantitative estimate of drug-likeness (QED) is 0.719. The maximum atomic E-state index is 13.0. The molecule has 2 N–H and O–H groups in total. The number of aliphatic hydroxyl groups excluding tert-OH is 1. The third kappa shape index (κ3) is 3.99. The number of sulfone groups is 1. The van der Waals surface area contributed by atoms with E-state index in [0.717, 1.165) is 6.26 Å². The lowest BCUT2D eigenvalue weighted by molar-refractivity contribution is -0.124. The molecule has 8 heteroatoms. The van der Waals surface area contributed by atoms with E-state index in [-0.39, 0.29) is 4.90 Å². The van der Waals surface area contributed by atoms with E-state index in [2.05, 4.69) is 5.32 Å². The molecule has 21 heavy (non-hydrogen) atoms. The molecule has 0 unspecified atom stereocenters. The maximum Gasteiger partial charge on any atom is 0.251 e. The van der Waals surface area contributed by atoms with Crippen LogP contribution in [-0.2, 0) is 19.4 Å². The van der Waals surface area contributed by atoms with Crippen LogP contribution in [0.15, 0.2) is 29.2 Å². The van der Waals surface area contributed by atoms with Crippen LogP contribution in [0.2, 0.25) is 0 Å². The van der Waals surface area contributed by atoms with E-state index in [1.165, 1.54) is 24.3 Å². The van der Waals surface area contributed by atoms with Crippen molar-refractivity contribution >= 4 is 15.7 Å². The molecular formula is C13H16FNO5S. The molecular weight excluding hydrogens is 301 g/mol. The average molecular weight is 317 g/mol. The maximum absolute atomic E-state index is 13.0. The van der Waals surface area contributed by atoms with E-state index >= 15 is 0 Å². The standard InChI is InChI=1S/C13H16FNO5S/c1-21(18,19)9-4-2-8(3-5-9)12(16)10(6-14)15-13(17)11-7-20-11/h2-5,10-12,16H,6-7H2,1H3,(H,15,17)/t10-,11+,12+/m1/s1. The van der Waals surface area contributed by atoms with Crippen LogP contribution in [0, 0.1) is 0 Å². The predicted octanol–water partition coefficient (Wildman–Crippen LogP) is -0.0234. The number of amides is 1. The number of epoxide rings is 1. The smallest absolute Gasteiger partial charge is 0.251 e. The first kappa shape index (κ1) is 15.9. The first-order chi connectivity index (χ1) is 9.82. The fourth-order valence-corrected chi connectivity index (χ4v) is 2.45. The molecule has 0 saturated carbocycles. The van der Waals surface area contributed by atoms with Crippen molar-refractivity contribution < 1.29 is 27.4 Å². The summed E-state index contributed by atoms with van der Waals surface area (Å²) < 4.78 is 40.4. The summed E-state index contributed by atoms with van der Waals surface area (Å²) in [6, 6.07) is 4.34. The molecule has 1 fully saturated rings. The van der Waals surface area contributed by atoms with Crippen LogP contribution in [0.5, 0.6) is 0 Å². The van der Waals surface area contributed by atoms with Gasteiger partial charge in [0.25, 0.3) is 5.91 Å². The minimum Gasteiger partial charge on any atom is -0.386 e. The molecule has 0 spiro atoms. The highest BCUT2D eigenvalue weighted by atomic mass is 32.2. The summed E-state index contributed by atoms with van der Waals surface area (Å²) in [4.78, 5) is 11.6. The topological polar surface area (TPSA) is 96.0 Å². The Kier molecular flexibility index (Phi) is 4.60. The molecule has 116 valence electrons. The number of carbonyl (C=O) groups is 1. The zero-order valence-corrected chi connectivity index (χ0v) is 12.1. The summed E-state index contributed by atoms with van der Waals surface area (Å²) in [5.41, 5.74) is 0.321. The Balaban J connectivity index is 2.09. The van der Waals surface area contributed by atoms with Gasteiger partial charge in [-0.25, -0.2) is 12.8 Å². The number of alkyl halides is 1. The molecule has 0 aromatic heterocycles. The summed E-state index contributed by atoms with van der Waals surface area (Å²) in [5, 5.41) is 12.4. The third-order valence-electron chi connectivity index (χ3n) is 3.15. The van der Waals surface area contributed by atoms with Crippen molar-refractivity contribution in [2.24, 2.45) is 0 Å². The molecule has 1 saturated heterocycles. The SMILES string of the molecule is CS(=O)(=O)c1ccc([C@H](O)[C@@H](CF)NC(=O)[C@@H]2CO2)cc1. The largest absolute Gasteiger partial charge is 0.386 e. The number of hydrogen-bond donors (Lipinski definition) is 2. The Morgan fingerprint density at radius 2 is 2.05 bits per heavy atom. The number of ether oxygens (including phenoxy) is 1. The molecule has 0 aliphatic carbocycles.